The maximum Gasteiger partial charge on any atom is 0.172 e. The van der Waals surface area contributed by atoms with E-state index in [1.165, 1.54) is 0 Å². The van der Waals surface area contributed by atoms with Gasteiger partial charge in [0, 0.05) is 29.5 Å². The van der Waals surface area contributed by atoms with Crippen LogP contribution in [-0.4, -0.2) is 10.8 Å². The van der Waals surface area contributed by atoms with Gasteiger partial charge in [0.15, 0.2) is 5.78 Å². The Balaban J connectivity index is 1.94. The highest BCUT2D eigenvalue weighted by Crippen LogP contribution is 2.26. The second-order valence-corrected chi connectivity index (χ2v) is 6.37. The summed E-state index contributed by atoms with van der Waals surface area (Å²) in [7, 11) is 0. The Morgan fingerprint density at radius 2 is 1.68 bits per heavy atom. The maximum atomic E-state index is 13.1. The van der Waals surface area contributed by atoms with Gasteiger partial charge in [-0.05, 0) is 47.4 Å². The predicted molar refractivity (Wildman–Crippen MR) is 101 cm³/mol. The van der Waals surface area contributed by atoms with Crippen LogP contribution in [0.15, 0.2) is 73.1 Å². The number of hydrogen-bond acceptors (Lipinski definition) is 3. The number of carbonyl (C=O) groups is 1. The number of carbonyl (C=O) groups excluding carboxylic acids is 1. The molecule has 0 saturated heterocycles. The van der Waals surface area contributed by atoms with E-state index in [0.717, 1.165) is 16.7 Å². The summed E-state index contributed by atoms with van der Waals surface area (Å²) < 4.78 is 0. The van der Waals surface area contributed by atoms with E-state index in [9.17, 15) is 4.79 Å². The number of benzene rings is 2. The van der Waals surface area contributed by atoms with Gasteiger partial charge in [-0.25, -0.2) is 0 Å². The molecule has 0 aliphatic carbocycles. The molecular formula is C21H19ClN2O. The quantitative estimate of drug-likeness (QED) is 0.670. The van der Waals surface area contributed by atoms with Crippen molar-refractivity contribution in [3.8, 4) is 0 Å². The summed E-state index contributed by atoms with van der Waals surface area (Å²) in [4.78, 5) is 17.2. The molecule has 2 aromatic carbocycles. The minimum atomic E-state index is -0.280. The fourth-order valence-corrected chi connectivity index (χ4v) is 2.94. The first kappa shape index (κ1) is 17.3. The van der Waals surface area contributed by atoms with Crippen molar-refractivity contribution in [2.24, 2.45) is 5.73 Å². The minimum Gasteiger partial charge on any atom is -0.326 e. The third-order valence-electron chi connectivity index (χ3n) is 4.23. The topological polar surface area (TPSA) is 56.0 Å². The van der Waals surface area contributed by atoms with E-state index < -0.39 is 0 Å². The van der Waals surface area contributed by atoms with Crippen molar-refractivity contribution in [3.63, 3.8) is 0 Å². The number of pyridine rings is 1. The van der Waals surface area contributed by atoms with E-state index in [1.54, 1.807) is 24.5 Å². The average molecular weight is 351 g/mol. The second kappa shape index (κ2) is 8.06. The molecule has 0 bridgehead atoms. The smallest absolute Gasteiger partial charge is 0.172 e. The highest BCUT2D eigenvalue weighted by molar-refractivity contribution is 6.30. The van der Waals surface area contributed by atoms with Crippen LogP contribution < -0.4 is 5.73 Å². The lowest BCUT2D eigenvalue weighted by Gasteiger charge is -2.17. The van der Waals surface area contributed by atoms with Crippen LogP contribution in [0, 0.1) is 0 Å². The molecule has 0 spiro atoms. The molecule has 0 amide bonds. The molecule has 1 atom stereocenters. The Morgan fingerprint density at radius 3 is 2.28 bits per heavy atom. The van der Waals surface area contributed by atoms with Crippen LogP contribution in [0.5, 0.6) is 0 Å². The van der Waals surface area contributed by atoms with Gasteiger partial charge in [0.25, 0.3) is 0 Å². The SMILES string of the molecule is NCc1ccc(C(Cc2ccc(Cl)cc2)C(=O)c2cccnc2)cc1. The molecule has 2 N–H and O–H groups in total. The zero-order valence-corrected chi connectivity index (χ0v) is 14.5. The first-order valence-electron chi connectivity index (χ1n) is 8.15. The van der Waals surface area contributed by atoms with E-state index in [1.807, 2.05) is 48.5 Å². The monoisotopic (exact) mass is 350 g/mol. The third-order valence-corrected chi connectivity index (χ3v) is 4.49. The second-order valence-electron chi connectivity index (χ2n) is 5.93. The Labute approximate surface area is 152 Å². The number of nitrogens with zero attached hydrogens (tertiary/aromatic N) is 1. The van der Waals surface area contributed by atoms with Crippen LogP contribution in [0.3, 0.4) is 0 Å². The maximum absolute atomic E-state index is 13.1. The van der Waals surface area contributed by atoms with Gasteiger partial charge in [-0.2, -0.15) is 0 Å². The Kier molecular flexibility index (Phi) is 5.59. The van der Waals surface area contributed by atoms with Crippen molar-refractivity contribution in [3.05, 3.63) is 100 Å². The zero-order valence-electron chi connectivity index (χ0n) is 13.7. The molecule has 3 aromatic rings. The Hall–Kier alpha value is -2.49. The molecule has 25 heavy (non-hydrogen) atoms. The van der Waals surface area contributed by atoms with E-state index >= 15 is 0 Å². The average Bonchev–Trinajstić information content (AvgIpc) is 2.68. The number of rotatable bonds is 6. The van der Waals surface area contributed by atoms with E-state index in [-0.39, 0.29) is 11.7 Å². The van der Waals surface area contributed by atoms with Crippen molar-refractivity contribution in [1.82, 2.24) is 4.98 Å². The summed E-state index contributed by atoms with van der Waals surface area (Å²) in [6.07, 6.45) is 3.89. The number of hydrogen-bond donors (Lipinski definition) is 1. The lowest BCUT2D eigenvalue weighted by Crippen LogP contribution is -2.16. The highest BCUT2D eigenvalue weighted by Gasteiger charge is 2.22. The minimum absolute atomic E-state index is 0.0588. The van der Waals surface area contributed by atoms with E-state index in [0.29, 0.717) is 23.6 Å². The highest BCUT2D eigenvalue weighted by atomic mass is 35.5. The van der Waals surface area contributed by atoms with Gasteiger partial charge < -0.3 is 5.73 Å². The fourth-order valence-electron chi connectivity index (χ4n) is 2.81. The molecule has 0 fully saturated rings. The lowest BCUT2D eigenvalue weighted by molar-refractivity contribution is 0.0958. The van der Waals surface area contributed by atoms with Gasteiger partial charge in [-0.15, -0.1) is 0 Å². The molecule has 1 aromatic heterocycles. The summed E-state index contributed by atoms with van der Waals surface area (Å²) in [5.41, 5.74) is 9.37. The van der Waals surface area contributed by atoms with Gasteiger partial charge in [0.05, 0.1) is 5.92 Å². The molecule has 3 rings (SSSR count). The van der Waals surface area contributed by atoms with E-state index in [4.69, 9.17) is 17.3 Å². The largest absolute Gasteiger partial charge is 0.326 e. The lowest BCUT2D eigenvalue weighted by atomic mass is 9.85. The summed E-state index contributed by atoms with van der Waals surface area (Å²) in [6, 6.07) is 19.1. The number of ketones is 1. The Morgan fingerprint density at radius 1 is 1.00 bits per heavy atom. The van der Waals surface area contributed by atoms with Crippen molar-refractivity contribution in [2.75, 3.05) is 0 Å². The molecule has 4 heteroatoms. The molecule has 0 aliphatic rings. The predicted octanol–water partition coefficient (Wildman–Crippen LogP) is 4.40. The Bertz CT molecular complexity index is 830. The van der Waals surface area contributed by atoms with Crippen LogP contribution >= 0.6 is 11.6 Å². The molecule has 3 nitrogen and oxygen atoms in total. The molecule has 1 unspecified atom stereocenters. The van der Waals surface area contributed by atoms with Crippen molar-refractivity contribution < 1.29 is 4.79 Å². The first-order valence-corrected chi connectivity index (χ1v) is 8.53. The molecule has 1 heterocycles. The number of aromatic nitrogens is 1. The van der Waals surface area contributed by atoms with Crippen molar-refractivity contribution >= 4 is 17.4 Å². The molecular weight excluding hydrogens is 332 g/mol. The third kappa shape index (κ3) is 4.32. The zero-order chi connectivity index (χ0) is 17.6. The van der Waals surface area contributed by atoms with E-state index in [2.05, 4.69) is 4.98 Å². The summed E-state index contributed by atoms with van der Waals surface area (Å²) >= 11 is 5.97. The van der Waals surface area contributed by atoms with Crippen molar-refractivity contribution in [1.29, 1.82) is 0 Å². The summed E-state index contributed by atoms with van der Waals surface area (Å²) in [6.45, 7) is 0.485. The van der Waals surface area contributed by atoms with Crippen LogP contribution in [0.2, 0.25) is 5.02 Å². The van der Waals surface area contributed by atoms with Gasteiger partial charge in [-0.1, -0.05) is 48.0 Å². The van der Waals surface area contributed by atoms with Crippen LogP contribution in [0.4, 0.5) is 0 Å². The molecule has 0 radical (unpaired) electrons. The van der Waals surface area contributed by atoms with Gasteiger partial charge in [0.2, 0.25) is 0 Å². The fraction of sp³-hybridized carbons (Fsp3) is 0.143. The van der Waals surface area contributed by atoms with Crippen LogP contribution in [-0.2, 0) is 13.0 Å². The summed E-state index contributed by atoms with van der Waals surface area (Å²) in [5.74, 6) is -0.222. The van der Waals surface area contributed by atoms with Gasteiger partial charge in [-0.3, -0.25) is 9.78 Å². The normalized spacial score (nSPS) is 11.9. The molecule has 0 saturated carbocycles. The van der Waals surface area contributed by atoms with Gasteiger partial charge in [0.1, 0.15) is 0 Å². The first-order chi connectivity index (χ1) is 12.2. The number of halogens is 1. The molecule has 0 aliphatic heterocycles. The van der Waals surface area contributed by atoms with Crippen molar-refractivity contribution in [2.45, 2.75) is 18.9 Å². The summed E-state index contributed by atoms with van der Waals surface area (Å²) in [5, 5.41) is 0.686. The van der Waals surface area contributed by atoms with Crippen LogP contribution in [0.1, 0.15) is 33.0 Å². The number of Topliss-reactive ketones (excluding diaryl/α,β-unsaturated/α-hetero) is 1. The molecule has 126 valence electrons. The standard InChI is InChI=1S/C21H19ClN2O/c22-19-9-5-15(6-10-19)12-20(17-7-3-16(13-23)4-8-17)21(25)18-2-1-11-24-14-18/h1-11,14,20H,12-13,23H2. The number of nitrogens with two attached hydrogens (primary N) is 1. The van der Waals surface area contributed by atoms with Gasteiger partial charge >= 0.3 is 0 Å². The van der Waals surface area contributed by atoms with Crippen LogP contribution in [0.25, 0.3) is 0 Å².